The summed E-state index contributed by atoms with van der Waals surface area (Å²) in [4.78, 5) is 21.7. The molecule has 0 aromatic heterocycles. The summed E-state index contributed by atoms with van der Waals surface area (Å²) in [6.07, 6.45) is 1.20. The summed E-state index contributed by atoms with van der Waals surface area (Å²) in [6, 6.07) is 0. The van der Waals surface area contributed by atoms with E-state index < -0.39 is 11.9 Å². The molecule has 0 rings (SSSR count). The largest absolute Gasteiger partial charge is 0.478 e. The molecule has 0 amide bonds. The second-order valence-electron chi connectivity index (χ2n) is 3.65. The molecule has 0 atom stereocenters. The molecule has 4 nitrogen and oxygen atoms in total. The maximum atomic E-state index is 11.2. The summed E-state index contributed by atoms with van der Waals surface area (Å²) >= 11 is 0. The zero-order valence-electron chi connectivity index (χ0n) is 9.24. The van der Waals surface area contributed by atoms with Crippen LogP contribution in [0.5, 0.6) is 0 Å². The Bertz CT molecular complexity index is 300. The number of esters is 1. The van der Waals surface area contributed by atoms with Crippen molar-refractivity contribution in [2.24, 2.45) is 5.92 Å². The third-order valence-electron chi connectivity index (χ3n) is 1.54. The predicted molar refractivity (Wildman–Crippen MR) is 56.3 cm³/mol. The Balaban J connectivity index is 4.28. The lowest BCUT2D eigenvalue weighted by molar-refractivity contribution is -0.139. The summed E-state index contributed by atoms with van der Waals surface area (Å²) in [5.41, 5.74) is 0.108. The lowest BCUT2D eigenvalue weighted by atomic mass is 10.2. The Morgan fingerprint density at radius 3 is 2.40 bits per heavy atom. The van der Waals surface area contributed by atoms with Gasteiger partial charge in [-0.05, 0) is 18.9 Å². The van der Waals surface area contributed by atoms with Gasteiger partial charge in [0.2, 0.25) is 0 Å². The van der Waals surface area contributed by atoms with Crippen LogP contribution in [0.15, 0.2) is 23.8 Å². The SMILES string of the molecule is C=C(C=C(C)C(=O)O)C(=O)OCC(C)C. The molecular weight excluding hydrogens is 196 g/mol. The molecule has 0 aliphatic heterocycles. The summed E-state index contributed by atoms with van der Waals surface area (Å²) in [6.45, 7) is 8.96. The van der Waals surface area contributed by atoms with E-state index in [1.54, 1.807) is 0 Å². The standard InChI is InChI=1S/C11H16O4/c1-7(2)6-15-11(14)9(4)5-8(3)10(12)13/h5,7H,4,6H2,1-3H3,(H,12,13). The maximum Gasteiger partial charge on any atom is 0.337 e. The van der Waals surface area contributed by atoms with E-state index in [0.717, 1.165) is 0 Å². The van der Waals surface area contributed by atoms with Crippen molar-refractivity contribution in [2.45, 2.75) is 20.8 Å². The number of carboxylic acid groups (broad SMARTS) is 1. The van der Waals surface area contributed by atoms with Crippen molar-refractivity contribution in [1.29, 1.82) is 0 Å². The molecule has 0 saturated heterocycles. The molecule has 0 spiro atoms. The van der Waals surface area contributed by atoms with Gasteiger partial charge in [-0.15, -0.1) is 0 Å². The molecule has 0 saturated carbocycles. The smallest absolute Gasteiger partial charge is 0.337 e. The van der Waals surface area contributed by atoms with Gasteiger partial charge in [-0.3, -0.25) is 0 Å². The minimum absolute atomic E-state index is 0.0514. The molecule has 0 aromatic rings. The summed E-state index contributed by atoms with van der Waals surface area (Å²) in [7, 11) is 0. The first kappa shape index (κ1) is 13.4. The Kier molecular flexibility index (Phi) is 5.37. The van der Waals surface area contributed by atoms with Gasteiger partial charge in [0.05, 0.1) is 12.2 Å². The van der Waals surface area contributed by atoms with Gasteiger partial charge in [0.1, 0.15) is 0 Å². The fourth-order valence-corrected chi connectivity index (χ4v) is 0.717. The van der Waals surface area contributed by atoms with Gasteiger partial charge in [-0.1, -0.05) is 20.4 Å². The Morgan fingerprint density at radius 1 is 1.47 bits per heavy atom. The van der Waals surface area contributed by atoms with E-state index in [9.17, 15) is 9.59 Å². The summed E-state index contributed by atoms with van der Waals surface area (Å²) < 4.78 is 4.87. The number of hydrogen-bond acceptors (Lipinski definition) is 3. The topological polar surface area (TPSA) is 63.6 Å². The molecule has 0 aromatic carbocycles. The minimum Gasteiger partial charge on any atom is -0.478 e. The van der Waals surface area contributed by atoms with Gasteiger partial charge in [-0.2, -0.15) is 0 Å². The molecule has 0 aliphatic carbocycles. The molecule has 0 unspecified atom stereocenters. The lowest BCUT2D eigenvalue weighted by Gasteiger charge is -2.06. The molecule has 4 heteroatoms. The average Bonchev–Trinajstić information content (AvgIpc) is 2.13. The third-order valence-corrected chi connectivity index (χ3v) is 1.54. The van der Waals surface area contributed by atoms with Crippen LogP contribution >= 0.6 is 0 Å². The molecule has 0 radical (unpaired) electrons. The zero-order chi connectivity index (χ0) is 12.0. The van der Waals surface area contributed by atoms with E-state index in [-0.39, 0.29) is 17.1 Å². The average molecular weight is 212 g/mol. The number of carbonyl (C=O) groups excluding carboxylic acids is 1. The van der Waals surface area contributed by atoms with E-state index in [1.165, 1.54) is 13.0 Å². The molecule has 0 aliphatic rings. The number of hydrogen-bond donors (Lipinski definition) is 1. The van der Waals surface area contributed by atoms with E-state index in [1.807, 2.05) is 13.8 Å². The second-order valence-corrected chi connectivity index (χ2v) is 3.65. The summed E-state index contributed by atoms with van der Waals surface area (Å²) in [5, 5.41) is 8.57. The molecule has 1 N–H and O–H groups in total. The predicted octanol–water partition coefficient (Wildman–Crippen LogP) is 1.77. The highest BCUT2D eigenvalue weighted by molar-refractivity contribution is 5.94. The van der Waals surface area contributed by atoms with Gasteiger partial charge < -0.3 is 9.84 Å². The Labute approximate surface area is 89.2 Å². The van der Waals surface area contributed by atoms with Crippen LogP contribution in [0.2, 0.25) is 0 Å². The lowest BCUT2D eigenvalue weighted by Crippen LogP contribution is -2.11. The molecule has 0 bridgehead atoms. The van der Waals surface area contributed by atoms with E-state index >= 15 is 0 Å². The van der Waals surface area contributed by atoms with Crippen molar-refractivity contribution in [3.05, 3.63) is 23.8 Å². The quantitative estimate of drug-likeness (QED) is 0.428. The molecule has 0 heterocycles. The van der Waals surface area contributed by atoms with Crippen molar-refractivity contribution < 1.29 is 19.4 Å². The minimum atomic E-state index is -1.08. The van der Waals surface area contributed by atoms with Gasteiger partial charge in [0, 0.05) is 5.57 Å². The monoisotopic (exact) mass is 212 g/mol. The van der Waals surface area contributed by atoms with E-state index in [2.05, 4.69) is 6.58 Å². The van der Waals surface area contributed by atoms with Crippen molar-refractivity contribution in [2.75, 3.05) is 6.61 Å². The van der Waals surface area contributed by atoms with Crippen LogP contribution < -0.4 is 0 Å². The molecular formula is C11H16O4. The van der Waals surface area contributed by atoms with Gasteiger partial charge in [0.15, 0.2) is 0 Å². The Hall–Kier alpha value is -1.58. The van der Waals surface area contributed by atoms with Crippen molar-refractivity contribution >= 4 is 11.9 Å². The molecule has 0 fully saturated rings. The van der Waals surface area contributed by atoms with Crippen LogP contribution in [-0.4, -0.2) is 23.7 Å². The summed E-state index contributed by atoms with van der Waals surface area (Å²) in [5.74, 6) is -1.41. The third kappa shape index (κ3) is 5.67. The van der Waals surface area contributed by atoms with Crippen LogP contribution in [0.1, 0.15) is 20.8 Å². The van der Waals surface area contributed by atoms with Gasteiger partial charge >= 0.3 is 11.9 Å². The highest BCUT2D eigenvalue weighted by atomic mass is 16.5. The highest BCUT2D eigenvalue weighted by Crippen LogP contribution is 2.04. The van der Waals surface area contributed by atoms with Gasteiger partial charge in [-0.25, -0.2) is 9.59 Å². The van der Waals surface area contributed by atoms with Crippen LogP contribution in [0.4, 0.5) is 0 Å². The highest BCUT2D eigenvalue weighted by Gasteiger charge is 2.09. The number of rotatable bonds is 5. The molecule has 15 heavy (non-hydrogen) atoms. The van der Waals surface area contributed by atoms with Crippen LogP contribution in [0.3, 0.4) is 0 Å². The first-order valence-electron chi connectivity index (χ1n) is 4.62. The number of carbonyl (C=O) groups is 2. The fraction of sp³-hybridized carbons (Fsp3) is 0.455. The first-order chi connectivity index (χ1) is 6.84. The Morgan fingerprint density at radius 2 is 2.00 bits per heavy atom. The first-order valence-corrected chi connectivity index (χ1v) is 4.62. The number of carboxylic acids is 1. The normalized spacial score (nSPS) is 11.3. The van der Waals surface area contributed by atoms with E-state index in [0.29, 0.717) is 6.61 Å². The molecule has 84 valence electrons. The van der Waals surface area contributed by atoms with Crippen LogP contribution in [0.25, 0.3) is 0 Å². The van der Waals surface area contributed by atoms with Crippen LogP contribution in [0, 0.1) is 5.92 Å². The van der Waals surface area contributed by atoms with Crippen molar-refractivity contribution in [3.8, 4) is 0 Å². The van der Waals surface area contributed by atoms with Crippen molar-refractivity contribution in [3.63, 3.8) is 0 Å². The van der Waals surface area contributed by atoms with Gasteiger partial charge in [0.25, 0.3) is 0 Å². The van der Waals surface area contributed by atoms with Crippen LogP contribution in [-0.2, 0) is 14.3 Å². The fourth-order valence-electron chi connectivity index (χ4n) is 0.717. The van der Waals surface area contributed by atoms with Crippen molar-refractivity contribution in [1.82, 2.24) is 0 Å². The van der Waals surface area contributed by atoms with E-state index in [4.69, 9.17) is 9.84 Å². The maximum absolute atomic E-state index is 11.2. The number of aliphatic carboxylic acids is 1. The zero-order valence-corrected chi connectivity index (χ0v) is 9.24. The number of ether oxygens (including phenoxy) is 1. The second kappa shape index (κ2) is 6.01.